The van der Waals surface area contributed by atoms with Crippen LogP contribution in [0.15, 0.2) is 47.4 Å². The van der Waals surface area contributed by atoms with Crippen LogP contribution in [0, 0.1) is 0 Å². The highest BCUT2D eigenvalue weighted by atomic mass is 35.5. The Morgan fingerprint density at radius 2 is 2.00 bits per heavy atom. The topological polar surface area (TPSA) is 66.8 Å². The Hall–Kier alpha value is -2.44. The van der Waals surface area contributed by atoms with E-state index in [4.69, 9.17) is 16.3 Å². The molecule has 134 valence electrons. The summed E-state index contributed by atoms with van der Waals surface area (Å²) in [5, 5.41) is 9.93. The molecule has 3 rings (SSSR count). The zero-order chi connectivity index (χ0) is 18.7. The van der Waals surface area contributed by atoms with Crippen LogP contribution in [0.1, 0.15) is 18.1 Å². The van der Waals surface area contributed by atoms with E-state index in [9.17, 15) is 14.7 Å². The molecule has 0 unspecified atom stereocenters. The van der Waals surface area contributed by atoms with Crippen LogP contribution in [0.2, 0.25) is 5.02 Å². The van der Waals surface area contributed by atoms with Crippen molar-refractivity contribution in [2.24, 2.45) is 0 Å². The fourth-order valence-corrected chi connectivity index (χ4v) is 3.51. The Labute approximate surface area is 160 Å². The SMILES string of the molecule is CCOc1cc(/C=C2/SC(=O)N(Cc3ccccc3Cl)C2=O)ccc1O. The number of phenols is 1. The van der Waals surface area contributed by atoms with E-state index in [1.807, 2.05) is 13.0 Å². The summed E-state index contributed by atoms with van der Waals surface area (Å²) in [4.78, 5) is 26.3. The highest BCUT2D eigenvalue weighted by molar-refractivity contribution is 8.18. The number of thioether (sulfide) groups is 1. The number of amides is 2. The van der Waals surface area contributed by atoms with Crippen molar-refractivity contribution in [3.05, 3.63) is 63.5 Å². The predicted molar refractivity (Wildman–Crippen MR) is 102 cm³/mol. The summed E-state index contributed by atoms with van der Waals surface area (Å²) in [5.74, 6) is -0.0154. The van der Waals surface area contributed by atoms with Crippen molar-refractivity contribution in [3.63, 3.8) is 0 Å². The number of hydrogen-bond donors (Lipinski definition) is 1. The fourth-order valence-electron chi connectivity index (χ4n) is 2.48. The second kappa shape index (κ2) is 7.85. The van der Waals surface area contributed by atoms with Crippen LogP contribution < -0.4 is 4.74 Å². The van der Waals surface area contributed by atoms with Crippen LogP contribution in [0.4, 0.5) is 4.79 Å². The van der Waals surface area contributed by atoms with Gasteiger partial charge in [0.2, 0.25) is 0 Å². The van der Waals surface area contributed by atoms with Crippen molar-refractivity contribution < 1.29 is 19.4 Å². The van der Waals surface area contributed by atoms with Gasteiger partial charge in [-0.3, -0.25) is 14.5 Å². The predicted octanol–water partition coefficient (Wildman–Crippen LogP) is 4.68. The number of ether oxygens (including phenoxy) is 1. The molecule has 0 aliphatic carbocycles. The van der Waals surface area contributed by atoms with E-state index in [1.165, 1.54) is 11.0 Å². The van der Waals surface area contributed by atoms with Gasteiger partial charge < -0.3 is 9.84 Å². The number of hydrogen-bond acceptors (Lipinski definition) is 5. The lowest BCUT2D eigenvalue weighted by Gasteiger charge is -2.13. The van der Waals surface area contributed by atoms with Gasteiger partial charge in [0.1, 0.15) is 0 Å². The number of aromatic hydroxyl groups is 1. The van der Waals surface area contributed by atoms with Crippen LogP contribution in [0.3, 0.4) is 0 Å². The molecule has 2 amide bonds. The zero-order valence-electron chi connectivity index (χ0n) is 13.9. The molecule has 0 bridgehead atoms. The maximum Gasteiger partial charge on any atom is 0.293 e. The minimum Gasteiger partial charge on any atom is -0.504 e. The van der Waals surface area contributed by atoms with Gasteiger partial charge in [0.05, 0.1) is 18.1 Å². The third kappa shape index (κ3) is 3.86. The summed E-state index contributed by atoms with van der Waals surface area (Å²) in [6.45, 7) is 2.35. The number of halogens is 1. The molecule has 0 aromatic heterocycles. The van der Waals surface area contributed by atoms with Crippen molar-refractivity contribution in [1.29, 1.82) is 0 Å². The molecule has 2 aromatic rings. The molecular formula is C19H16ClNO4S. The lowest BCUT2D eigenvalue weighted by atomic mass is 10.1. The summed E-state index contributed by atoms with van der Waals surface area (Å²) in [5.41, 5.74) is 1.37. The van der Waals surface area contributed by atoms with E-state index < -0.39 is 0 Å². The first-order chi connectivity index (χ1) is 12.5. The highest BCUT2D eigenvalue weighted by Crippen LogP contribution is 2.35. The molecule has 1 N–H and O–H groups in total. The molecule has 2 aromatic carbocycles. The van der Waals surface area contributed by atoms with Gasteiger partial charge in [-0.05, 0) is 54.1 Å². The van der Waals surface area contributed by atoms with Crippen LogP contribution in [0.25, 0.3) is 6.08 Å². The van der Waals surface area contributed by atoms with Gasteiger partial charge in [-0.25, -0.2) is 0 Å². The molecule has 7 heteroatoms. The van der Waals surface area contributed by atoms with Gasteiger partial charge in [-0.15, -0.1) is 0 Å². The quantitative estimate of drug-likeness (QED) is 0.752. The molecular weight excluding hydrogens is 374 g/mol. The third-order valence-electron chi connectivity index (χ3n) is 3.74. The second-order valence-corrected chi connectivity index (χ2v) is 6.92. The van der Waals surface area contributed by atoms with Crippen molar-refractivity contribution >= 4 is 40.6 Å². The Balaban J connectivity index is 1.83. The maximum absolute atomic E-state index is 12.6. The average Bonchev–Trinajstić information content (AvgIpc) is 2.87. The lowest BCUT2D eigenvalue weighted by Crippen LogP contribution is -2.27. The van der Waals surface area contributed by atoms with Gasteiger partial charge in [-0.1, -0.05) is 35.9 Å². The van der Waals surface area contributed by atoms with E-state index in [2.05, 4.69) is 0 Å². The van der Waals surface area contributed by atoms with Crippen LogP contribution >= 0.6 is 23.4 Å². The van der Waals surface area contributed by atoms with E-state index in [0.717, 1.165) is 11.8 Å². The van der Waals surface area contributed by atoms with Gasteiger partial charge >= 0.3 is 0 Å². The number of rotatable bonds is 5. The standard InChI is InChI=1S/C19H16ClNO4S/c1-2-25-16-9-12(7-8-15(16)22)10-17-18(23)21(19(24)26-17)11-13-5-3-4-6-14(13)20/h3-10,22H,2,11H2,1H3/b17-10+. The number of carbonyl (C=O) groups is 2. The van der Waals surface area contributed by atoms with Crippen molar-refractivity contribution in [2.45, 2.75) is 13.5 Å². The van der Waals surface area contributed by atoms with Gasteiger partial charge in [0, 0.05) is 5.02 Å². The van der Waals surface area contributed by atoms with Crippen molar-refractivity contribution in [3.8, 4) is 11.5 Å². The van der Waals surface area contributed by atoms with Gasteiger partial charge in [-0.2, -0.15) is 0 Å². The normalized spacial score (nSPS) is 15.8. The summed E-state index contributed by atoms with van der Waals surface area (Å²) in [6.07, 6.45) is 1.61. The largest absolute Gasteiger partial charge is 0.504 e. The summed E-state index contributed by atoms with van der Waals surface area (Å²) in [7, 11) is 0. The van der Waals surface area contributed by atoms with Crippen LogP contribution in [-0.2, 0) is 11.3 Å². The smallest absolute Gasteiger partial charge is 0.293 e. The maximum atomic E-state index is 12.6. The van der Waals surface area contributed by atoms with E-state index in [0.29, 0.717) is 33.4 Å². The summed E-state index contributed by atoms with van der Waals surface area (Å²) >= 11 is 7.00. The van der Waals surface area contributed by atoms with Gasteiger partial charge in [0.25, 0.3) is 11.1 Å². The molecule has 1 aliphatic heterocycles. The number of nitrogens with zero attached hydrogens (tertiary/aromatic N) is 1. The van der Waals surface area contributed by atoms with Crippen molar-refractivity contribution in [1.82, 2.24) is 4.90 Å². The third-order valence-corrected chi connectivity index (χ3v) is 5.02. The Morgan fingerprint density at radius 1 is 1.23 bits per heavy atom. The fraction of sp³-hybridized carbons (Fsp3) is 0.158. The van der Waals surface area contributed by atoms with E-state index >= 15 is 0 Å². The molecule has 0 radical (unpaired) electrons. The molecule has 0 atom stereocenters. The van der Waals surface area contributed by atoms with E-state index in [1.54, 1.807) is 36.4 Å². The molecule has 1 heterocycles. The molecule has 0 saturated carbocycles. The minimum atomic E-state index is -0.369. The van der Waals surface area contributed by atoms with Crippen LogP contribution in [0.5, 0.6) is 11.5 Å². The first-order valence-corrected chi connectivity index (χ1v) is 9.13. The lowest BCUT2D eigenvalue weighted by molar-refractivity contribution is -0.123. The summed E-state index contributed by atoms with van der Waals surface area (Å²) < 4.78 is 5.34. The molecule has 5 nitrogen and oxygen atoms in total. The average molecular weight is 390 g/mol. The highest BCUT2D eigenvalue weighted by Gasteiger charge is 2.35. The molecule has 1 aliphatic rings. The van der Waals surface area contributed by atoms with Crippen LogP contribution in [-0.4, -0.2) is 27.8 Å². The molecule has 1 saturated heterocycles. The van der Waals surface area contributed by atoms with Crippen molar-refractivity contribution in [2.75, 3.05) is 6.61 Å². The van der Waals surface area contributed by atoms with E-state index in [-0.39, 0.29) is 23.4 Å². The Kier molecular flexibility index (Phi) is 5.54. The van der Waals surface area contributed by atoms with Gasteiger partial charge in [0.15, 0.2) is 11.5 Å². The molecule has 0 spiro atoms. The molecule has 26 heavy (non-hydrogen) atoms. The number of phenolic OH excluding ortho intramolecular Hbond substituents is 1. The Morgan fingerprint density at radius 3 is 2.73 bits per heavy atom. The minimum absolute atomic E-state index is 0.0239. The Bertz CT molecular complexity index is 897. The summed E-state index contributed by atoms with van der Waals surface area (Å²) in [6, 6.07) is 11.9. The second-order valence-electron chi connectivity index (χ2n) is 5.52. The number of imide groups is 1. The zero-order valence-corrected chi connectivity index (χ0v) is 15.5. The molecule has 1 fully saturated rings. The number of benzene rings is 2. The first-order valence-electron chi connectivity index (χ1n) is 7.94. The number of carbonyl (C=O) groups excluding carboxylic acids is 2. The monoisotopic (exact) mass is 389 g/mol. The first kappa shape index (κ1) is 18.4.